The van der Waals surface area contributed by atoms with E-state index in [2.05, 4.69) is 10.1 Å². The second-order valence-electron chi connectivity index (χ2n) is 4.15. The molecule has 3 aromatic rings. The van der Waals surface area contributed by atoms with Crippen LogP contribution in [-0.2, 0) is 13.6 Å². The molecule has 18 heavy (non-hydrogen) atoms. The molecule has 0 saturated carbocycles. The molecule has 0 aliphatic heterocycles. The van der Waals surface area contributed by atoms with Crippen LogP contribution in [0.4, 0.5) is 0 Å². The minimum Gasteiger partial charge on any atom is -0.339 e. The number of carbonyl (C=O) groups is 1. The highest BCUT2D eigenvalue weighted by Gasteiger charge is 2.08. The number of benzene rings is 1. The van der Waals surface area contributed by atoms with Gasteiger partial charge in [0.1, 0.15) is 12.2 Å². The number of hydrogen-bond acceptors (Lipinski definition) is 3. The first-order valence-electron chi connectivity index (χ1n) is 5.65. The third-order valence-electron chi connectivity index (χ3n) is 3.06. The molecule has 3 rings (SSSR count). The SMILES string of the molecule is Cn1ncnc1Cn1ccc2cccc(C=O)c21. The number of rotatable bonds is 3. The minimum absolute atomic E-state index is 0.602. The fraction of sp³-hybridized carbons (Fsp3) is 0.154. The van der Waals surface area contributed by atoms with Crippen molar-refractivity contribution in [3.8, 4) is 0 Å². The van der Waals surface area contributed by atoms with Crippen LogP contribution in [0.5, 0.6) is 0 Å². The Bertz CT molecular complexity index is 711. The molecule has 1 aromatic carbocycles. The van der Waals surface area contributed by atoms with E-state index in [4.69, 9.17) is 0 Å². The zero-order chi connectivity index (χ0) is 12.5. The minimum atomic E-state index is 0.602. The zero-order valence-corrected chi connectivity index (χ0v) is 9.95. The molecule has 0 N–H and O–H groups in total. The van der Waals surface area contributed by atoms with E-state index in [0.717, 1.165) is 23.0 Å². The van der Waals surface area contributed by atoms with E-state index >= 15 is 0 Å². The molecular formula is C13H12N4O. The number of aryl methyl sites for hydroxylation is 1. The van der Waals surface area contributed by atoms with Gasteiger partial charge in [-0.1, -0.05) is 12.1 Å². The average Bonchev–Trinajstić information content (AvgIpc) is 2.97. The van der Waals surface area contributed by atoms with Gasteiger partial charge >= 0.3 is 0 Å². The van der Waals surface area contributed by atoms with E-state index in [9.17, 15) is 4.79 Å². The van der Waals surface area contributed by atoms with Gasteiger partial charge < -0.3 is 4.57 Å². The average molecular weight is 240 g/mol. The smallest absolute Gasteiger partial charge is 0.152 e. The van der Waals surface area contributed by atoms with Crippen molar-refractivity contribution in [1.29, 1.82) is 0 Å². The predicted molar refractivity (Wildman–Crippen MR) is 67.4 cm³/mol. The monoisotopic (exact) mass is 240 g/mol. The van der Waals surface area contributed by atoms with Crippen molar-refractivity contribution in [2.24, 2.45) is 7.05 Å². The molecule has 5 nitrogen and oxygen atoms in total. The van der Waals surface area contributed by atoms with Crippen molar-refractivity contribution in [2.75, 3.05) is 0 Å². The molecule has 2 aromatic heterocycles. The van der Waals surface area contributed by atoms with Gasteiger partial charge in [-0.25, -0.2) is 4.98 Å². The van der Waals surface area contributed by atoms with Crippen molar-refractivity contribution in [3.05, 3.63) is 48.2 Å². The first-order chi connectivity index (χ1) is 8.79. The maximum atomic E-state index is 11.1. The first-order valence-corrected chi connectivity index (χ1v) is 5.65. The van der Waals surface area contributed by atoms with Gasteiger partial charge in [0.15, 0.2) is 6.29 Å². The molecule has 0 spiro atoms. The molecule has 0 atom stereocenters. The molecule has 90 valence electrons. The fourth-order valence-corrected chi connectivity index (χ4v) is 2.13. The topological polar surface area (TPSA) is 52.7 Å². The molecule has 0 aliphatic carbocycles. The largest absolute Gasteiger partial charge is 0.339 e. The summed E-state index contributed by atoms with van der Waals surface area (Å²) in [7, 11) is 1.86. The van der Waals surface area contributed by atoms with Gasteiger partial charge in [-0.05, 0) is 12.1 Å². The van der Waals surface area contributed by atoms with Gasteiger partial charge in [-0.15, -0.1) is 0 Å². The van der Waals surface area contributed by atoms with Crippen molar-refractivity contribution in [1.82, 2.24) is 19.3 Å². The number of aldehydes is 1. The van der Waals surface area contributed by atoms with Crippen molar-refractivity contribution in [3.63, 3.8) is 0 Å². The second kappa shape index (κ2) is 4.10. The number of nitrogens with zero attached hydrogens (tertiary/aromatic N) is 4. The van der Waals surface area contributed by atoms with Crippen LogP contribution in [0.25, 0.3) is 10.9 Å². The first kappa shape index (κ1) is 10.7. The Balaban J connectivity index is 2.12. The molecule has 0 aliphatic rings. The summed E-state index contributed by atoms with van der Waals surface area (Å²) in [4.78, 5) is 15.3. The summed E-state index contributed by atoms with van der Waals surface area (Å²) < 4.78 is 3.75. The number of hydrogen-bond donors (Lipinski definition) is 0. The molecule has 0 unspecified atom stereocenters. The quantitative estimate of drug-likeness (QED) is 0.654. The molecule has 0 saturated heterocycles. The molecule has 0 radical (unpaired) electrons. The lowest BCUT2D eigenvalue weighted by Crippen LogP contribution is -2.06. The molecule has 5 heteroatoms. The van der Waals surface area contributed by atoms with Crippen LogP contribution >= 0.6 is 0 Å². The van der Waals surface area contributed by atoms with Crippen LogP contribution < -0.4 is 0 Å². The Morgan fingerprint density at radius 2 is 2.22 bits per heavy atom. The van der Waals surface area contributed by atoms with Crippen LogP contribution in [0.3, 0.4) is 0 Å². The summed E-state index contributed by atoms with van der Waals surface area (Å²) in [5.74, 6) is 0.855. The second-order valence-corrected chi connectivity index (χ2v) is 4.15. The standard InChI is InChI=1S/C13H12N4O/c1-16-12(14-9-15-16)7-17-6-5-10-3-2-4-11(8-18)13(10)17/h2-6,8-9H,7H2,1H3. The highest BCUT2D eigenvalue weighted by Crippen LogP contribution is 2.19. The third-order valence-corrected chi connectivity index (χ3v) is 3.06. The van der Waals surface area contributed by atoms with Gasteiger partial charge in [0.25, 0.3) is 0 Å². The summed E-state index contributed by atoms with van der Waals surface area (Å²) in [6.45, 7) is 0.602. The lowest BCUT2D eigenvalue weighted by atomic mass is 10.1. The van der Waals surface area contributed by atoms with Crippen molar-refractivity contribution >= 4 is 17.2 Å². The van der Waals surface area contributed by atoms with E-state index in [1.54, 1.807) is 4.68 Å². The van der Waals surface area contributed by atoms with Crippen LogP contribution in [-0.4, -0.2) is 25.6 Å². The summed E-state index contributed by atoms with van der Waals surface area (Å²) >= 11 is 0. The van der Waals surface area contributed by atoms with Crippen LogP contribution in [0.15, 0.2) is 36.8 Å². The predicted octanol–water partition coefficient (Wildman–Crippen LogP) is 1.63. The van der Waals surface area contributed by atoms with Gasteiger partial charge in [0, 0.05) is 24.2 Å². The lowest BCUT2D eigenvalue weighted by molar-refractivity contribution is 0.112. The molecule has 0 fully saturated rings. The van der Waals surface area contributed by atoms with E-state index in [-0.39, 0.29) is 0 Å². The Hall–Kier alpha value is -2.43. The normalized spacial score (nSPS) is 10.9. The summed E-state index contributed by atoms with van der Waals surface area (Å²) in [5, 5.41) is 5.10. The summed E-state index contributed by atoms with van der Waals surface area (Å²) in [6.07, 6.45) is 4.38. The van der Waals surface area contributed by atoms with Crippen LogP contribution in [0.1, 0.15) is 16.2 Å². The fourth-order valence-electron chi connectivity index (χ4n) is 2.13. The number of fused-ring (bicyclic) bond motifs is 1. The maximum absolute atomic E-state index is 11.1. The van der Waals surface area contributed by atoms with E-state index in [1.807, 2.05) is 42.1 Å². The Morgan fingerprint density at radius 3 is 2.94 bits per heavy atom. The number of aromatic nitrogens is 4. The highest BCUT2D eigenvalue weighted by molar-refractivity contribution is 5.96. The van der Waals surface area contributed by atoms with Gasteiger partial charge in [-0.3, -0.25) is 9.48 Å². The molecular weight excluding hydrogens is 228 g/mol. The van der Waals surface area contributed by atoms with Crippen molar-refractivity contribution in [2.45, 2.75) is 6.54 Å². The Kier molecular flexibility index (Phi) is 2.44. The number of para-hydroxylation sites is 1. The van der Waals surface area contributed by atoms with E-state index in [0.29, 0.717) is 12.1 Å². The van der Waals surface area contributed by atoms with Crippen molar-refractivity contribution < 1.29 is 4.79 Å². The Labute approximate surface area is 104 Å². The number of carbonyl (C=O) groups excluding carboxylic acids is 1. The van der Waals surface area contributed by atoms with Gasteiger partial charge in [-0.2, -0.15) is 5.10 Å². The molecule has 0 bridgehead atoms. The zero-order valence-electron chi connectivity index (χ0n) is 9.95. The summed E-state index contributed by atoms with van der Waals surface area (Å²) in [6, 6.07) is 7.70. The van der Waals surface area contributed by atoms with Crippen LogP contribution in [0, 0.1) is 0 Å². The molecule has 2 heterocycles. The van der Waals surface area contributed by atoms with Gasteiger partial charge in [0.05, 0.1) is 12.1 Å². The Morgan fingerprint density at radius 1 is 1.33 bits per heavy atom. The highest BCUT2D eigenvalue weighted by atomic mass is 16.1. The molecule has 0 amide bonds. The lowest BCUT2D eigenvalue weighted by Gasteiger charge is -2.06. The summed E-state index contributed by atoms with van der Waals surface area (Å²) in [5.41, 5.74) is 1.63. The van der Waals surface area contributed by atoms with E-state index < -0.39 is 0 Å². The van der Waals surface area contributed by atoms with Crippen LogP contribution in [0.2, 0.25) is 0 Å². The van der Waals surface area contributed by atoms with E-state index in [1.165, 1.54) is 6.33 Å². The maximum Gasteiger partial charge on any atom is 0.152 e. The third kappa shape index (κ3) is 1.60. The van der Waals surface area contributed by atoms with Gasteiger partial charge in [0.2, 0.25) is 0 Å².